The minimum atomic E-state index is -0.607. The van der Waals surface area contributed by atoms with Gasteiger partial charge >= 0.3 is 0 Å². The number of aliphatic hydroxyl groups is 1. The van der Waals surface area contributed by atoms with Gasteiger partial charge in [0.1, 0.15) is 0 Å². The van der Waals surface area contributed by atoms with Crippen molar-refractivity contribution in [1.82, 2.24) is 10.8 Å². The van der Waals surface area contributed by atoms with Gasteiger partial charge < -0.3 is 25.1 Å². The third kappa shape index (κ3) is 10.1. The van der Waals surface area contributed by atoms with Gasteiger partial charge in [-0.1, -0.05) is 84.9 Å². The smallest absolute Gasteiger partial charge is 0.251 e. The number of hydroxylamine groups is 1. The van der Waals surface area contributed by atoms with Crippen molar-refractivity contribution in [3.05, 3.63) is 125 Å². The molecule has 1 fully saturated rings. The molecule has 0 spiro atoms. The Morgan fingerprint density at radius 3 is 2.31 bits per heavy atom. The largest absolute Gasteiger partial charge is 0.618 e. The Bertz CT molecular complexity index is 1640. The number of thioether (sulfide) groups is 1. The molecule has 3 aromatic carbocycles. The summed E-state index contributed by atoms with van der Waals surface area (Å²) in [5.41, 5.74) is 7.35. The zero-order valence-electron chi connectivity index (χ0n) is 26.6. The van der Waals surface area contributed by atoms with Crippen LogP contribution in [0.1, 0.15) is 73.2 Å². The number of rotatable bonds is 15. The predicted molar refractivity (Wildman–Crippen MR) is 181 cm³/mol. The van der Waals surface area contributed by atoms with Crippen molar-refractivity contribution in [2.75, 3.05) is 5.75 Å². The predicted octanol–water partition coefficient (Wildman–Crippen LogP) is 5.89. The van der Waals surface area contributed by atoms with Gasteiger partial charge in [-0.15, -0.1) is 0 Å². The number of aliphatic hydroxyl groups excluding tert-OH is 1. The van der Waals surface area contributed by atoms with Crippen molar-refractivity contribution in [1.29, 1.82) is 0 Å². The molecule has 2 amide bonds. The summed E-state index contributed by atoms with van der Waals surface area (Å²) in [5, 5.41) is 33.8. The van der Waals surface area contributed by atoms with E-state index in [1.165, 1.54) is 18.0 Å². The maximum absolute atomic E-state index is 12.3. The summed E-state index contributed by atoms with van der Waals surface area (Å²) in [6.45, 7) is 0.389. The van der Waals surface area contributed by atoms with Gasteiger partial charge in [0.15, 0.2) is 12.5 Å². The molecule has 1 aliphatic heterocycles. The second kappa shape index (κ2) is 17.8. The minimum absolute atomic E-state index is 0.0243. The molecule has 252 valence electrons. The summed E-state index contributed by atoms with van der Waals surface area (Å²) in [5.74, 6) is 0.128. The van der Waals surface area contributed by atoms with Crippen LogP contribution in [0, 0.1) is 5.21 Å². The number of hydrogen-bond acceptors (Lipinski definition) is 8. The topological polar surface area (TPSA) is 144 Å². The average molecular weight is 672 g/mol. The highest BCUT2D eigenvalue weighted by Crippen LogP contribution is 2.39. The Kier molecular flexibility index (Phi) is 13.0. The number of pyridine rings is 1. The number of nitrogens with zero attached hydrogens (tertiary/aromatic N) is 1. The zero-order chi connectivity index (χ0) is 33.7. The van der Waals surface area contributed by atoms with Crippen molar-refractivity contribution >= 4 is 23.6 Å². The molecule has 4 N–H and O–H groups in total. The van der Waals surface area contributed by atoms with Crippen LogP contribution in [0.3, 0.4) is 0 Å². The van der Waals surface area contributed by atoms with Gasteiger partial charge in [0.25, 0.3) is 5.03 Å². The van der Waals surface area contributed by atoms with Crippen LogP contribution < -0.4 is 15.5 Å². The quantitative estimate of drug-likeness (QED) is 0.0306. The van der Waals surface area contributed by atoms with Crippen LogP contribution in [0.4, 0.5) is 0 Å². The number of nitrogens with one attached hydrogen (secondary N) is 2. The minimum Gasteiger partial charge on any atom is -0.618 e. The van der Waals surface area contributed by atoms with Crippen molar-refractivity contribution in [2.24, 2.45) is 0 Å². The second-order valence-corrected chi connectivity index (χ2v) is 12.8. The Morgan fingerprint density at radius 2 is 1.58 bits per heavy atom. The molecular weight excluding hydrogens is 630 g/mol. The summed E-state index contributed by atoms with van der Waals surface area (Å²) in [6.07, 6.45) is 3.76. The number of ether oxygens (including phenoxy) is 2. The van der Waals surface area contributed by atoms with E-state index in [4.69, 9.17) is 14.7 Å². The van der Waals surface area contributed by atoms with Crippen LogP contribution in [0.2, 0.25) is 0 Å². The fourth-order valence-electron chi connectivity index (χ4n) is 5.51. The number of amides is 2. The lowest BCUT2D eigenvalue weighted by atomic mass is 9.99. The SMILES string of the molecule is O=C(CCCCCC(=O)NCc1cccc(-c2ccc([C@@H]3O[C@H](CSc4cccc[n+]4[O-])C[C@H](c4ccc(CO)cc4)O3)cc2)c1)NO. The summed E-state index contributed by atoms with van der Waals surface area (Å²) >= 11 is 1.46. The van der Waals surface area contributed by atoms with Crippen LogP contribution >= 0.6 is 11.8 Å². The molecule has 0 saturated carbocycles. The van der Waals surface area contributed by atoms with Gasteiger partial charge in [-0.3, -0.25) is 14.8 Å². The average Bonchev–Trinajstić information content (AvgIpc) is 3.13. The molecule has 5 rings (SSSR count). The maximum atomic E-state index is 12.3. The fourth-order valence-corrected chi connectivity index (χ4v) is 6.45. The van der Waals surface area contributed by atoms with E-state index in [-0.39, 0.29) is 31.1 Å². The van der Waals surface area contributed by atoms with E-state index < -0.39 is 12.2 Å². The number of carbonyl (C=O) groups excluding carboxylic acids is 2. The highest BCUT2D eigenvalue weighted by Gasteiger charge is 2.32. The van der Waals surface area contributed by atoms with Crippen molar-refractivity contribution in [2.45, 2.75) is 75.2 Å². The lowest BCUT2D eigenvalue weighted by Crippen LogP contribution is -2.32. The van der Waals surface area contributed by atoms with Gasteiger partial charge in [0, 0.05) is 49.3 Å². The number of carbonyl (C=O) groups is 2. The number of benzene rings is 3. The Hall–Kier alpha value is -4.26. The van der Waals surface area contributed by atoms with Crippen molar-refractivity contribution in [3.63, 3.8) is 0 Å². The fraction of sp³-hybridized carbons (Fsp3) is 0.324. The zero-order valence-corrected chi connectivity index (χ0v) is 27.4. The standard InChI is InChI=1S/C37H41N3O7S/c41-24-26-12-14-29(15-13-26)33-22-32(25-48-36-11-4-5-20-40(36)45)46-37(47-33)30-18-16-28(17-19-30)31-8-6-7-27(21-31)23-38-34(42)9-2-1-3-10-35(43)39-44/h4-8,11-21,32-33,37,41,44H,1-3,9-10,22-25H2,(H,38,42)(H,39,43)/t32-,33+,37+/m0/s1. The molecule has 48 heavy (non-hydrogen) atoms. The molecule has 3 atom stereocenters. The Labute approximate surface area is 284 Å². The van der Waals surface area contributed by atoms with Crippen LogP contribution in [0.15, 0.2) is 102 Å². The molecule has 4 aromatic rings. The van der Waals surface area contributed by atoms with Crippen LogP contribution in [-0.2, 0) is 32.2 Å². The van der Waals surface area contributed by atoms with Crippen molar-refractivity contribution < 1.29 is 34.1 Å². The molecular formula is C37H41N3O7S. The third-order valence-corrected chi connectivity index (χ3v) is 9.34. The Morgan fingerprint density at radius 1 is 0.833 bits per heavy atom. The second-order valence-electron chi connectivity index (χ2n) is 11.7. The molecule has 1 aromatic heterocycles. The summed E-state index contributed by atoms with van der Waals surface area (Å²) in [6, 6.07) is 29.2. The first kappa shape index (κ1) is 35.1. The van der Waals surface area contributed by atoms with E-state index in [9.17, 15) is 19.9 Å². The van der Waals surface area contributed by atoms with Gasteiger partial charge in [0.2, 0.25) is 11.8 Å². The van der Waals surface area contributed by atoms with Gasteiger partial charge in [0.05, 0.1) is 18.8 Å². The highest BCUT2D eigenvalue weighted by molar-refractivity contribution is 7.99. The molecule has 0 unspecified atom stereocenters. The van der Waals surface area contributed by atoms with Gasteiger partial charge in [-0.2, -0.15) is 4.73 Å². The van der Waals surface area contributed by atoms with Crippen LogP contribution in [0.5, 0.6) is 0 Å². The molecule has 1 saturated heterocycles. The Balaban J connectivity index is 1.21. The summed E-state index contributed by atoms with van der Waals surface area (Å²) in [4.78, 5) is 23.4. The molecule has 0 radical (unpaired) electrons. The van der Waals surface area contributed by atoms with Crippen molar-refractivity contribution in [3.8, 4) is 11.1 Å². The molecule has 1 aliphatic rings. The van der Waals surface area contributed by atoms with E-state index in [2.05, 4.69) is 11.4 Å². The molecule has 11 heteroatoms. The third-order valence-electron chi connectivity index (χ3n) is 8.19. The van der Waals surface area contributed by atoms with Crippen LogP contribution in [0.25, 0.3) is 11.1 Å². The number of hydrogen-bond donors (Lipinski definition) is 4. The maximum Gasteiger partial charge on any atom is 0.251 e. The monoisotopic (exact) mass is 671 g/mol. The molecule has 10 nitrogen and oxygen atoms in total. The summed E-state index contributed by atoms with van der Waals surface area (Å²) in [7, 11) is 0. The van der Waals surface area contributed by atoms with E-state index in [0.29, 0.717) is 43.0 Å². The van der Waals surface area contributed by atoms with Crippen LogP contribution in [-0.4, -0.2) is 34.0 Å². The molecule has 0 aliphatic carbocycles. The van der Waals surface area contributed by atoms with Gasteiger partial charge in [-0.25, -0.2) is 5.48 Å². The van der Waals surface area contributed by atoms with E-state index in [1.54, 1.807) is 17.6 Å². The van der Waals surface area contributed by atoms with E-state index in [0.717, 1.165) is 44.5 Å². The van der Waals surface area contributed by atoms with Gasteiger partial charge in [-0.05, 0) is 52.8 Å². The molecule has 2 heterocycles. The normalized spacial score (nSPS) is 17.5. The number of unbranched alkanes of at least 4 members (excludes halogenated alkanes) is 2. The summed E-state index contributed by atoms with van der Waals surface area (Å²) < 4.78 is 13.8. The highest BCUT2D eigenvalue weighted by atomic mass is 32.2. The number of aromatic nitrogens is 1. The first-order chi connectivity index (χ1) is 23.4. The first-order valence-electron chi connectivity index (χ1n) is 16.1. The lowest BCUT2D eigenvalue weighted by molar-refractivity contribution is -0.645. The lowest BCUT2D eigenvalue weighted by Gasteiger charge is -2.36. The first-order valence-corrected chi connectivity index (χ1v) is 17.1. The van der Waals surface area contributed by atoms with E-state index in [1.807, 2.05) is 72.8 Å². The van der Waals surface area contributed by atoms with E-state index >= 15 is 0 Å². The molecule has 0 bridgehead atoms.